The summed E-state index contributed by atoms with van der Waals surface area (Å²) in [6.45, 7) is 5.62. The van der Waals surface area contributed by atoms with Gasteiger partial charge in [-0.25, -0.2) is 9.59 Å². The van der Waals surface area contributed by atoms with Gasteiger partial charge in [-0.15, -0.1) is 11.3 Å². The van der Waals surface area contributed by atoms with E-state index in [2.05, 4.69) is 10.6 Å². The molecule has 2 rings (SSSR count). The summed E-state index contributed by atoms with van der Waals surface area (Å²) < 4.78 is 10.8. The zero-order valence-corrected chi connectivity index (χ0v) is 19.3. The monoisotopic (exact) mass is 472 g/mol. The first kappa shape index (κ1) is 24.0. The quantitative estimate of drug-likeness (QED) is 0.466. The van der Waals surface area contributed by atoms with Gasteiger partial charge >= 0.3 is 12.1 Å². The van der Waals surface area contributed by atoms with Crippen molar-refractivity contribution in [3.05, 3.63) is 44.1 Å². The maximum Gasteiger partial charge on any atom is 0.407 e. The maximum absolute atomic E-state index is 12.6. The molecule has 0 saturated heterocycles. The number of amides is 2. The van der Waals surface area contributed by atoms with Crippen molar-refractivity contribution in [2.24, 2.45) is 0 Å². The number of hydrogen-bond donors (Lipinski definition) is 2. The highest BCUT2D eigenvalue weighted by Gasteiger charge is 2.18. The average Bonchev–Trinajstić information content (AvgIpc) is 3.00. The SMILES string of the molecule is COC(=O)c1cc(C(=O)NCCNC(=O)OC(C)(C)C)cc(-c2cc(Cl)sc2Cl)c1. The minimum absolute atomic E-state index is 0.168. The Morgan fingerprint density at radius 2 is 1.63 bits per heavy atom. The van der Waals surface area contributed by atoms with Crippen LogP contribution >= 0.6 is 34.5 Å². The topological polar surface area (TPSA) is 93.7 Å². The van der Waals surface area contributed by atoms with E-state index in [1.807, 2.05) is 0 Å². The van der Waals surface area contributed by atoms with Gasteiger partial charge in [0.05, 0.1) is 17.0 Å². The number of ether oxygens (including phenoxy) is 2. The van der Waals surface area contributed by atoms with Gasteiger partial charge in [0.25, 0.3) is 5.91 Å². The van der Waals surface area contributed by atoms with Gasteiger partial charge in [-0.1, -0.05) is 23.2 Å². The standard InChI is InChI=1S/C20H22Cl2N2O5S/c1-20(2,3)29-19(27)24-6-5-23-17(25)12-7-11(8-13(9-12)18(26)28-4)14-10-15(21)30-16(14)22/h7-10H,5-6H2,1-4H3,(H,23,25)(H,24,27). The smallest absolute Gasteiger partial charge is 0.407 e. The van der Waals surface area contributed by atoms with Crippen LogP contribution in [0.1, 0.15) is 41.5 Å². The number of rotatable bonds is 6. The third kappa shape index (κ3) is 6.90. The average molecular weight is 473 g/mol. The zero-order valence-electron chi connectivity index (χ0n) is 16.9. The molecule has 7 nitrogen and oxygen atoms in total. The van der Waals surface area contributed by atoms with Gasteiger partial charge in [0, 0.05) is 24.2 Å². The first-order valence-electron chi connectivity index (χ1n) is 8.94. The molecule has 0 saturated carbocycles. The summed E-state index contributed by atoms with van der Waals surface area (Å²) >= 11 is 13.4. The lowest BCUT2D eigenvalue weighted by Crippen LogP contribution is -2.37. The number of nitrogens with one attached hydrogen (secondary N) is 2. The number of halogens is 2. The largest absolute Gasteiger partial charge is 0.465 e. The highest BCUT2D eigenvalue weighted by molar-refractivity contribution is 7.20. The van der Waals surface area contributed by atoms with Crippen molar-refractivity contribution in [1.29, 1.82) is 0 Å². The van der Waals surface area contributed by atoms with Gasteiger partial charge in [-0.2, -0.15) is 0 Å². The molecule has 2 N–H and O–H groups in total. The summed E-state index contributed by atoms with van der Waals surface area (Å²) in [4.78, 5) is 36.3. The summed E-state index contributed by atoms with van der Waals surface area (Å²) in [5, 5.41) is 5.23. The van der Waals surface area contributed by atoms with Crippen molar-refractivity contribution < 1.29 is 23.9 Å². The molecule has 0 aliphatic heterocycles. The van der Waals surface area contributed by atoms with E-state index in [0.29, 0.717) is 19.8 Å². The number of hydrogen-bond acceptors (Lipinski definition) is 6. The van der Waals surface area contributed by atoms with Gasteiger partial charge in [0.2, 0.25) is 0 Å². The highest BCUT2D eigenvalue weighted by atomic mass is 35.5. The number of carbonyl (C=O) groups excluding carboxylic acids is 3. The Balaban J connectivity index is 2.12. The van der Waals surface area contributed by atoms with Crippen molar-refractivity contribution in [2.75, 3.05) is 20.2 Å². The van der Waals surface area contributed by atoms with Crippen LogP contribution in [0.25, 0.3) is 11.1 Å². The lowest BCUT2D eigenvalue weighted by Gasteiger charge is -2.19. The lowest BCUT2D eigenvalue weighted by atomic mass is 10.0. The van der Waals surface area contributed by atoms with Crippen LogP contribution in [0.5, 0.6) is 0 Å². The summed E-state index contributed by atoms with van der Waals surface area (Å²) in [5.41, 5.74) is 0.999. The highest BCUT2D eigenvalue weighted by Crippen LogP contribution is 2.38. The first-order chi connectivity index (χ1) is 14.0. The van der Waals surface area contributed by atoms with E-state index in [9.17, 15) is 14.4 Å². The fourth-order valence-electron chi connectivity index (χ4n) is 2.44. The molecule has 30 heavy (non-hydrogen) atoms. The molecular formula is C20H22Cl2N2O5S. The number of thiophene rings is 1. The molecule has 1 aromatic carbocycles. The van der Waals surface area contributed by atoms with Gasteiger partial charge in [0.1, 0.15) is 9.94 Å². The van der Waals surface area contributed by atoms with Crippen LogP contribution in [0.3, 0.4) is 0 Å². The first-order valence-corrected chi connectivity index (χ1v) is 10.5. The minimum Gasteiger partial charge on any atom is -0.465 e. The van der Waals surface area contributed by atoms with E-state index < -0.39 is 23.6 Å². The second kappa shape index (κ2) is 10.1. The summed E-state index contributed by atoms with van der Waals surface area (Å²) in [7, 11) is 1.26. The zero-order chi connectivity index (χ0) is 22.5. The minimum atomic E-state index is -0.607. The summed E-state index contributed by atoms with van der Waals surface area (Å²) in [6.07, 6.45) is -0.573. The molecule has 0 fully saturated rings. The van der Waals surface area contributed by atoms with Crippen LogP contribution in [0.2, 0.25) is 8.67 Å². The Morgan fingerprint density at radius 3 is 2.20 bits per heavy atom. The number of alkyl carbamates (subject to hydrolysis) is 1. The van der Waals surface area contributed by atoms with E-state index in [4.69, 9.17) is 32.7 Å². The van der Waals surface area contributed by atoms with Crippen molar-refractivity contribution in [2.45, 2.75) is 26.4 Å². The van der Waals surface area contributed by atoms with Crippen LogP contribution in [0, 0.1) is 0 Å². The number of esters is 1. The number of carbonyl (C=O) groups is 3. The second-order valence-electron chi connectivity index (χ2n) is 7.21. The normalized spacial score (nSPS) is 11.0. The van der Waals surface area contributed by atoms with Crippen molar-refractivity contribution in [1.82, 2.24) is 10.6 Å². The van der Waals surface area contributed by atoms with E-state index in [0.717, 1.165) is 0 Å². The van der Waals surface area contributed by atoms with Crippen LogP contribution in [0.4, 0.5) is 4.79 Å². The second-order valence-corrected chi connectivity index (χ2v) is 9.50. The van der Waals surface area contributed by atoms with Crippen molar-refractivity contribution in [3.8, 4) is 11.1 Å². The third-order valence-corrected chi connectivity index (χ3v) is 5.15. The van der Waals surface area contributed by atoms with E-state index in [1.54, 1.807) is 39.0 Å². The van der Waals surface area contributed by atoms with Gasteiger partial charge in [-0.05, 0) is 50.6 Å². The molecule has 0 spiro atoms. The molecule has 0 aliphatic rings. The van der Waals surface area contributed by atoms with Gasteiger partial charge < -0.3 is 20.1 Å². The van der Waals surface area contributed by atoms with Gasteiger partial charge in [-0.3, -0.25) is 4.79 Å². The molecule has 1 aromatic heterocycles. The Labute approximate surface area is 188 Å². The molecule has 0 aliphatic carbocycles. The Bertz CT molecular complexity index is 953. The summed E-state index contributed by atoms with van der Waals surface area (Å²) in [6, 6.07) is 6.27. The number of methoxy groups -OCH3 is 1. The maximum atomic E-state index is 12.6. The summed E-state index contributed by atoms with van der Waals surface area (Å²) in [5.74, 6) is -1.01. The molecule has 1 heterocycles. The molecule has 2 aromatic rings. The van der Waals surface area contributed by atoms with Gasteiger partial charge in [0.15, 0.2) is 0 Å². The van der Waals surface area contributed by atoms with Crippen molar-refractivity contribution in [3.63, 3.8) is 0 Å². The molecule has 0 unspecified atom stereocenters. The molecule has 2 amide bonds. The van der Waals surface area contributed by atoms with Crippen LogP contribution in [-0.2, 0) is 9.47 Å². The van der Waals surface area contributed by atoms with Crippen LogP contribution < -0.4 is 10.6 Å². The molecule has 0 atom stereocenters. The fourth-order valence-corrected chi connectivity index (χ4v) is 3.95. The number of benzene rings is 1. The van der Waals surface area contributed by atoms with Crippen molar-refractivity contribution >= 4 is 52.5 Å². The fraction of sp³-hybridized carbons (Fsp3) is 0.350. The molecule has 10 heteroatoms. The third-order valence-electron chi connectivity index (χ3n) is 3.66. The Kier molecular flexibility index (Phi) is 8.11. The molecule has 162 valence electrons. The predicted octanol–water partition coefficient (Wildman–Crippen LogP) is 4.76. The van der Waals surface area contributed by atoms with E-state index >= 15 is 0 Å². The van der Waals surface area contributed by atoms with Crippen LogP contribution in [0.15, 0.2) is 24.3 Å². The molecule has 0 radical (unpaired) electrons. The van der Waals surface area contributed by atoms with Crippen LogP contribution in [-0.4, -0.2) is 43.8 Å². The van der Waals surface area contributed by atoms with E-state index in [-0.39, 0.29) is 24.2 Å². The predicted molar refractivity (Wildman–Crippen MR) is 118 cm³/mol. The lowest BCUT2D eigenvalue weighted by molar-refractivity contribution is 0.0525. The van der Waals surface area contributed by atoms with E-state index in [1.165, 1.54) is 24.5 Å². The molecular weight excluding hydrogens is 451 g/mol. The Hall–Kier alpha value is -2.29. The molecule has 0 bridgehead atoms. The Morgan fingerprint density at radius 1 is 1.00 bits per heavy atom.